The Bertz CT molecular complexity index is 808. The number of anilines is 1. The summed E-state index contributed by atoms with van der Waals surface area (Å²) in [5, 5.41) is 13.4. The Morgan fingerprint density at radius 3 is 3.04 bits per heavy atom. The molecule has 0 bridgehead atoms. The molecule has 0 aliphatic heterocycles. The van der Waals surface area contributed by atoms with Gasteiger partial charge in [0.05, 0.1) is 5.56 Å². The van der Waals surface area contributed by atoms with E-state index >= 15 is 0 Å². The molecule has 0 fully saturated rings. The minimum atomic E-state index is -0.268. The Kier molecular flexibility index (Phi) is 4.56. The average Bonchev–Trinajstić information content (AvgIpc) is 3.06. The lowest BCUT2D eigenvalue weighted by atomic mass is 10.1. The highest BCUT2D eigenvalue weighted by molar-refractivity contribution is 7.16. The summed E-state index contributed by atoms with van der Waals surface area (Å²) >= 11 is 7.39. The molecular formula is C17H15ClN2O2S. The van der Waals surface area contributed by atoms with Gasteiger partial charge in [0.1, 0.15) is 16.8 Å². The topological polar surface area (TPSA) is 62.1 Å². The Labute approximate surface area is 143 Å². The first kappa shape index (κ1) is 15.9. The van der Waals surface area contributed by atoms with E-state index in [-0.39, 0.29) is 12.5 Å². The predicted octanol–water partition coefficient (Wildman–Crippen LogP) is 4.09. The van der Waals surface area contributed by atoms with Crippen LogP contribution in [0.2, 0.25) is 5.02 Å². The van der Waals surface area contributed by atoms with Crippen molar-refractivity contribution >= 4 is 33.8 Å². The number of fused-ring (bicyclic) bond motifs is 1. The molecule has 6 heteroatoms. The number of nitriles is 1. The third-order valence-electron chi connectivity index (χ3n) is 3.78. The summed E-state index contributed by atoms with van der Waals surface area (Å²) in [6, 6.07) is 7.46. The largest absolute Gasteiger partial charge is 0.483 e. The van der Waals surface area contributed by atoms with E-state index in [0.717, 1.165) is 30.4 Å². The standard InChI is InChI=1S/C17H15ClN2O2S/c1-10-7-11(18)5-6-14(10)22-9-16(21)20-17-13(8-19)12-3-2-4-15(12)23-17/h5-7H,2-4,9H2,1H3,(H,20,21). The smallest absolute Gasteiger partial charge is 0.262 e. The number of rotatable bonds is 4. The number of aryl methyl sites for hydroxylation is 2. The molecule has 0 saturated heterocycles. The van der Waals surface area contributed by atoms with Gasteiger partial charge in [-0.15, -0.1) is 11.3 Å². The van der Waals surface area contributed by atoms with Gasteiger partial charge in [0.2, 0.25) is 0 Å². The van der Waals surface area contributed by atoms with Gasteiger partial charge in [0.15, 0.2) is 6.61 Å². The maximum Gasteiger partial charge on any atom is 0.262 e. The second kappa shape index (κ2) is 6.61. The van der Waals surface area contributed by atoms with E-state index in [1.807, 2.05) is 6.92 Å². The molecule has 0 saturated carbocycles. The molecule has 1 aliphatic carbocycles. The first-order valence-corrected chi connectivity index (χ1v) is 8.51. The number of hydrogen-bond donors (Lipinski definition) is 1. The summed E-state index contributed by atoms with van der Waals surface area (Å²) < 4.78 is 5.53. The van der Waals surface area contributed by atoms with Crippen molar-refractivity contribution in [3.63, 3.8) is 0 Å². The minimum Gasteiger partial charge on any atom is -0.483 e. The van der Waals surface area contributed by atoms with Crippen LogP contribution < -0.4 is 10.1 Å². The van der Waals surface area contributed by atoms with Gasteiger partial charge >= 0.3 is 0 Å². The van der Waals surface area contributed by atoms with Crippen LogP contribution in [0.3, 0.4) is 0 Å². The molecule has 1 aliphatic rings. The minimum absolute atomic E-state index is 0.101. The zero-order valence-electron chi connectivity index (χ0n) is 12.6. The summed E-state index contributed by atoms with van der Waals surface area (Å²) in [5.41, 5.74) is 2.58. The highest BCUT2D eigenvalue weighted by Crippen LogP contribution is 2.38. The summed E-state index contributed by atoms with van der Waals surface area (Å²) in [5.74, 6) is 0.356. The normalized spacial score (nSPS) is 12.6. The number of thiophene rings is 1. The molecule has 1 aromatic heterocycles. The fourth-order valence-electron chi connectivity index (χ4n) is 2.69. The summed E-state index contributed by atoms with van der Waals surface area (Å²) in [6.45, 7) is 1.77. The molecule has 118 valence electrons. The second-order valence-electron chi connectivity index (χ2n) is 5.42. The predicted molar refractivity (Wildman–Crippen MR) is 91.4 cm³/mol. The number of ether oxygens (including phenoxy) is 1. The third kappa shape index (κ3) is 3.34. The van der Waals surface area contributed by atoms with Gasteiger partial charge in [-0.1, -0.05) is 11.6 Å². The van der Waals surface area contributed by atoms with Gasteiger partial charge < -0.3 is 10.1 Å². The highest BCUT2D eigenvalue weighted by atomic mass is 35.5. The Morgan fingerprint density at radius 2 is 2.30 bits per heavy atom. The molecule has 23 heavy (non-hydrogen) atoms. The van der Waals surface area contributed by atoms with E-state index < -0.39 is 0 Å². The first-order valence-electron chi connectivity index (χ1n) is 7.32. The Hall–Kier alpha value is -2.03. The molecule has 1 heterocycles. The third-order valence-corrected chi connectivity index (χ3v) is 5.22. The fraction of sp³-hybridized carbons (Fsp3) is 0.294. The molecule has 0 atom stereocenters. The SMILES string of the molecule is Cc1cc(Cl)ccc1OCC(=O)Nc1sc2c(c1C#N)CCC2. The molecule has 3 rings (SSSR count). The summed E-state index contributed by atoms with van der Waals surface area (Å²) in [4.78, 5) is 13.3. The monoisotopic (exact) mass is 346 g/mol. The van der Waals surface area contributed by atoms with Crippen molar-refractivity contribution in [3.05, 3.63) is 44.8 Å². The van der Waals surface area contributed by atoms with E-state index in [9.17, 15) is 10.1 Å². The number of hydrogen-bond acceptors (Lipinski definition) is 4. The molecule has 4 nitrogen and oxygen atoms in total. The van der Waals surface area contributed by atoms with Crippen LogP contribution in [0.25, 0.3) is 0 Å². The van der Waals surface area contributed by atoms with Gasteiger partial charge in [-0.05, 0) is 55.5 Å². The zero-order valence-corrected chi connectivity index (χ0v) is 14.2. The molecule has 1 amide bonds. The van der Waals surface area contributed by atoms with Crippen LogP contribution in [0.5, 0.6) is 5.75 Å². The van der Waals surface area contributed by atoms with E-state index in [4.69, 9.17) is 16.3 Å². The second-order valence-corrected chi connectivity index (χ2v) is 6.96. The van der Waals surface area contributed by atoms with Crippen molar-refractivity contribution in [2.75, 3.05) is 11.9 Å². The maximum absolute atomic E-state index is 12.1. The van der Waals surface area contributed by atoms with E-state index in [1.165, 1.54) is 16.2 Å². The average molecular weight is 347 g/mol. The van der Waals surface area contributed by atoms with Gasteiger partial charge in [-0.25, -0.2) is 0 Å². The van der Waals surface area contributed by atoms with Crippen molar-refractivity contribution in [2.45, 2.75) is 26.2 Å². The molecular weight excluding hydrogens is 332 g/mol. The summed E-state index contributed by atoms with van der Waals surface area (Å²) in [7, 11) is 0. The lowest BCUT2D eigenvalue weighted by Crippen LogP contribution is -2.20. The van der Waals surface area contributed by atoms with Crippen LogP contribution in [-0.4, -0.2) is 12.5 Å². The van der Waals surface area contributed by atoms with Gasteiger partial charge in [-0.3, -0.25) is 4.79 Å². The van der Waals surface area contributed by atoms with Crippen molar-refractivity contribution in [1.29, 1.82) is 5.26 Å². The fourth-order valence-corrected chi connectivity index (χ4v) is 4.17. The summed E-state index contributed by atoms with van der Waals surface area (Å²) in [6.07, 6.45) is 3.00. The molecule has 0 radical (unpaired) electrons. The first-order chi connectivity index (χ1) is 11.1. The number of carbonyl (C=O) groups is 1. The van der Waals surface area contributed by atoms with Gasteiger partial charge in [0, 0.05) is 9.90 Å². The number of carbonyl (C=O) groups excluding carboxylic acids is 1. The van der Waals surface area contributed by atoms with Crippen molar-refractivity contribution in [1.82, 2.24) is 0 Å². The molecule has 1 aromatic carbocycles. The molecule has 0 unspecified atom stereocenters. The highest BCUT2D eigenvalue weighted by Gasteiger charge is 2.23. The number of nitrogens with one attached hydrogen (secondary N) is 1. The van der Waals surface area contributed by atoms with Gasteiger partial charge in [-0.2, -0.15) is 5.26 Å². The van der Waals surface area contributed by atoms with Crippen LogP contribution in [0.4, 0.5) is 5.00 Å². The van der Waals surface area contributed by atoms with Crippen LogP contribution in [0.1, 0.15) is 28.0 Å². The number of halogens is 1. The Morgan fingerprint density at radius 1 is 1.48 bits per heavy atom. The lowest BCUT2D eigenvalue weighted by molar-refractivity contribution is -0.118. The number of amides is 1. The van der Waals surface area contributed by atoms with E-state index in [2.05, 4.69) is 11.4 Å². The lowest BCUT2D eigenvalue weighted by Gasteiger charge is -2.09. The molecule has 0 spiro atoms. The molecule has 1 N–H and O–H groups in total. The van der Waals surface area contributed by atoms with E-state index in [1.54, 1.807) is 18.2 Å². The van der Waals surface area contributed by atoms with Crippen molar-refractivity contribution in [3.8, 4) is 11.8 Å². The maximum atomic E-state index is 12.1. The quantitative estimate of drug-likeness (QED) is 0.907. The number of nitrogens with zero attached hydrogens (tertiary/aromatic N) is 1. The zero-order chi connectivity index (χ0) is 16.4. The van der Waals surface area contributed by atoms with Crippen LogP contribution in [0, 0.1) is 18.3 Å². The van der Waals surface area contributed by atoms with Crippen LogP contribution in [-0.2, 0) is 17.6 Å². The number of benzene rings is 1. The Balaban J connectivity index is 1.65. The van der Waals surface area contributed by atoms with E-state index in [0.29, 0.717) is 21.3 Å². The molecule has 2 aromatic rings. The van der Waals surface area contributed by atoms with Crippen LogP contribution in [0.15, 0.2) is 18.2 Å². The van der Waals surface area contributed by atoms with Crippen molar-refractivity contribution in [2.24, 2.45) is 0 Å². The van der Waals surface area contributed by atoms with Crippen LogP contribution >= 0.6 is 22.9 Å². The van der Waals surface area contributed by atoms with Crippen molar-refractivity contribution < 1.29 is 9.53 Å². The van der Waals surface area contributed by atoms with Gasteiger partial charge in [0.25, 0.3) is 5.91 Å².